The largest absolute Gasteiger partial charge is 0.391 e. The van der Waals surface area contributed by atoms with Crippen LogP contribution in [0.4, 0.5) is 5.82 Å². The molecule has 2 aromatic rings. The van der Waals surface area contributed by atoms with Gasteiger partial charge in [-0.2, -0.15) is 0 Å². The van der Waals surface area contributed by atoms with Crippen molar-refractivity contribution >= 4 is 11.7 Å². The molecule has 4 saturated carbocycles. The van der Waals surface area contributed by atoms with Crippen LogP contribution < -0.4 is 5.32 Å². The van der Waals surface area contributed by atoms with Gasteiger partial charge in [0.25, 0.3) is 5.91 Å². The third-order valence-electron chi connectivity index (χ3n) is 8.48. The minimum atomic E-state index is -0.338. The van der Waals surface area contributed by atoms with E-state index in [0.717, 1.165) is 34.8 Å². The molecule has 7 nitrogen and oxygen atoms in total. The second-order valence-corrected chi connectivity index (χ2v) is 10.5. The van der Waals surface area contributed by atoms with Gasteiger partial charge in [0.1, 0.15) is 12.1 Å². The molecule has 7 heteroatoms. The van der Waals surface area contributed by atoms with Crippen molar-refractivity contribution in [3.05, 3.63) is 47.7 Å². The van der Waals surface area contributed by atoms with Crippen LogP contribution in [0.25, 0.3) is 0 Å². The van der Waals surface area contributed by atoms with E-state index in [2.05, 4.69) is 20.3 Å². The Morgan fingerprint density at radius 2 is 1.81 bits per heavy atom. The van der Waals surface area contributed by atoms with Gasteiger partial charge in [0.15, 0.2) is 0 Å². The Hall–Kier alpha value is -2.54. The fourth-order valence-corrected chi connectivity index (χ4v) is 7.35. The number of pyridine rings is 1. The van der Waals surface area contributed by atoms with E-state index in [-0.39, 0.29) is 17.4 Å². The number of anilines is 1. The van der Waals surface area contributed by atoms with Crippen molar-refractivity contribution in [3.8, 4) is 0 Å². The lowest BCUT2D eigenvalue weighted by molar-refractivity contribution is -0.115. The number of carbonyl (C=O) groups excluding carboxylic acids is 1. The first-order chi connectivity index (χ1) is 15.6. The van der Waals surface area contributed by atoms with Crippen LogP contribution in [0.1, 0.15) is 60.1 Å². The van der Waals surface area contributed by atoms with E-state index in [0.29, 0.717) is 31.6 Å². The van der Waals surface area contributed by atoms with Crippen LogP contribution in [0.5, 0.6) is 0 Å². The summed E-state index contributed by atoms with van der Waals surface area (Å²) < 4.78 is 0. The van der Waals surface area contributed by atoms with Crippen LogP contribution in [-0.2, 0) is 13.0 Å². The number of aliphatic hydroxyl groups excluding tert-OH is 1. The summed E-state index contributed by atoms with van der Waals surface area (Å²) in [5.74, 6) is 3.29. The summed E-state index contributed by atoms with van der Waals surface area (Å²) in [6.07, 6.45) is 12.9. The summed E-state index contributed by atoms with van der Waals surface area (Å²) in [6.45, 7) is 1.65. The van der Waals surface area contributed by atoms with Crippen molar-refractivity contribution in [2.45, 2.75) is 57.6 Å². The normalized spacial score (nSPS) is 31.3. The molecule has 4 aliphatic carbocycles. The Labute approximate surface area is 188 Å². The number of nitrogens with zero attached hydrogens (tertiary/aromatic N) is 4. The maximum absolute atomic E-state index is 12.8. The van der Waals surface area contributed by atoms with Gasteiger partial charge in [0.2, 0.25) is 0 Å². The first-order valence-corrected chi connectivity index (χ1v) is 12.0. The van der Waals surface area contributed by atoms with Crippen molar-refractivity contribution in [2.75, 3.05) is 18.4 Å². The summed E-state index contributed by atoms with van der Waals surface area (Å²) in [5.41, 5.74) is 2.71. The van der Waals surface area contributed by atoms with E-state index < -0.39 is 0 Å². The van der Waals surface area contributed by atoms with Crippen molar-refractivity contribution in [1.82, 2.24) is 19.9 Å². The van der Waals surface area contributed by atoms with E-state index in [1.807, 2.05) is 4.90 Å². The molecule has 0 aromatic carbocycles. The molecule has 0 saturated heterocycles. The van der Waals surface area contributed by atoms with Gasteiger partial charge >= 0.3 is 0 Å². The minimum Gasteiger partial charge on any atom is -0.391 e. The molecule has 1 atom stereocenters. The van der Waals surface area contributed by atoms with Crippen LogP contribution >= 0.6 is 0 Å². The fourth-order valence-electron chi connectivity index (χ4n) is 7.35. The van der Waals surface area contributed by atoms with Gasteiger partial charge in [-0.3, -0.25) is 9.78 Å². The van der Waals surface area contributed by atoms with Gasteiger partial charge in [-0.1, -0.05) is 0 Å². The summed E-state index contributed by atoms with van der Waals surface area (Å²) in [5, 5.41) is 14.7. The lowest BCUT2D eigenvalue weighted by Crippen LogP contribution is -2.53. The monoisotopic (exact) mass is 433 g/mol. The summed E-state index contributed by atoms with van der Waals surface area (Å²) >= 11 is 0. The van der Waals surface area contributed by atoms with Gasteiger partial charge in [0.05, 0.1) is 18.3 Å². The maximum Gasteiger partial charge on any atom is 0.254 e. The number of aromatic nitrogens is 3. The highest BCUT2D eigenvalue weighted by atomic mass is 16.3. The summed E-state index contributed by atoms with van der Waals surface area (Å²) in [7, 11) is 0. The van der Waals surface area contributed by atoms with Gasteiger partial charge in [-0.15, -0.1) is 0 Å². The highest BCUT2D eigenvalue weighted by Gasteiger charge is 2.53. The number of carbonyl (C=O) groups is 1. The molecule has 5 aliphatic rings. The van der Waals surface area contributed by atoms with Crippen molar-refractivity contribution < 1.29 is 9.90 Å². The zero-order valence-corrected chi connectivity index (χ0v) is 18.4. The minimum absolute atomic E-state index is 0.00316. The van der Waals surface area contributed by atoms with Crippen LogP contribution in [0.3, 0.4) is 0 Å². The Bertz CT molecular complexity index is 975. The zero-order valence-electron chi connectivity index (χ0n) is 18.4. The van der Waals surface area contributed by atoms with E-state index >= 15 is 0 Å². The molecular formula is C25H31N5O2. The average Bonchev–Trinajstić information content (AvgIpc) is 2.81. The molecule has 4 bridgehead atoms. The molecule has 1 unspecified atom stereocenters. The predicted octanol–water partition coefficient (Wildman–Crippen LogP) is 3.06. The van der Waals surface area contributed by atoms with Crippen LogP contribution in [0.15, 0.2) is 30.9 Å². The first-order valence-electron chi connectivity index (χ1n) is 12.0. The number of amides is 1. The van der Waals surface area contributed by atoms with Gasteiger partial charge in [0, 0.05) is 36.6 Å². The summed E-state index contributed by atoms with van der Waals surface area (Å²) in [6, 6.07) is 3.49. The van der Waals surface area contributed by atoms with E-state index in [9.17, 15) is 9.90 Å². The van der Waals surface area contributed by atoms with Crippen LogP contribution in [-0.4, -0.2) is 50.1 Å². The molecule has 0 radical (unpaired) electrons. The van der Waals surface area contributed by atoms with E-state index in [1.165, 1.54) is 38.5 Å². The number of hydrogen-bond donors (Lipinski definition) is 2. The molecule has 168 valence electrons. The van der Waals surface area contributed by atoms with Gasteiger partial charge < -0.3 is 15.3 Å². The van der Waals surface area contributed by atoms with E-state index in [4.69, 9.17) is 0 Å². The summed E-state index contributed by atoms with van der Waals surface area (Å²) in [4.78, 5) is 27.6. The van der Waals surface area contributed by atoms with E-state index in [1.54, 1.807) is 30.9 Å². The Morgan fingerprint density at radius 3 is 2.50 bits per heavy atom. The maximum atomic E-state index is 12.8. The number of rotatable bonds is 5. The van der Waals surface area contributed by atoms with Crippen molar-refractivity contribution in [2.24, 2.45) is 23.2 Å². The topological polar surface area (TPSA) is 91.2 Å². The lowest BCUT2D eigenvalue weighted by atomic mass is 9.48. The third kappa shape index (κ3) is 3.47. The number of fused-ring (bicyclic) bond motifs is 1. The Morgan fingerprint density at radius 1 is 1.12 bits per heavy atom. The highest BCUT2D eigenvalue weighted by molar-refractivity contribution is 5.94. The molecule has 0 spiro atoms. The van der Waals surface area contributed by atoms with Crippen LogP contribution in [0, 0.1) is 23.2 Å². The number of hydrogen-bond acceptors (Lipinski definition) is 6. The molecule has 2 N–H and O–H groups in total. The highest BCUT2D eigenvalue weighted by Crippen LogP contribution is 2.61. The first kappa shape index (κ1) is 20.1. The third-order valence-corrected chi connectivity index (χ3v) is 8.48. The molecule has 4 fully saturated rings. The predicted molar refractivity (Wildman–Crippen MR) is 120 cm³/mol. The van der Waals surface area contributed by atoms with Crippen LogP contribution in [0.2, 0.25) is 0 Å². The van der Waals surface area contributed by atoms with Crippen molar-refractivity contribution in [1.29, 1.82) is 0 Å². The quantitative estimate of drug-likeness (QED) is 0.753. The van der Waals surface area contributed by atoms with Crippen molar-refractivity contribution in [3.63, 3.8) is 0 Å². The average molecular weight is 434 g/mol. The molecule has 3 heterocycles. The molecule has 32 heavy (non-hydrogen) atoms. The number of nitrogens with one attached hydrogen (secondary N) is 1. The molecule has 2 aromatic heterocycles. The standard InChI is InChI=1S/C25H31N5O2/c31-22(25-10-16-7-17(11-25)9-18(8-16)12-25)13-27-23-20-3-6-30(14-21(20)28-15-29-23)24(32)19-1-4-26-5-2-19/h1-2,4-5,15-18,22,31H,3,6-14H2,(H,27,28,29). The fraction of sp³-hybridized carbons (Fsp3) is 0.600. The SMILES string of the molecule is O=C(c1ccncc1)N1CCc2c(ncnc2NCC(O)C23CC4CC(CC(C4)C2)C3)C1. The lowest BCUT2D eigenvalue weighted by Gasteiger charge is -2.58. The van der Waals surface area contributed by atoms with Gasteiger partial charge in [-0.25, -0.2) is 9.97 Å². The molecule has 1 aliphatic heterocycles. The molecule has 7 rings (SSSR count). The molecular weight excluding hydrogens is 402 g/mol. The second kappa shape index (κ2) is 7.80. The Kier molecular flexibility index (Phi) is 4.90. The smallest absolute Gasteiger partial charge is 0.254 e. The second-order valence-electron chi connectivity index (χ2n) is 10.5. The Balaban J connectivity index is 1.14. The zero-order chi connectivity index (χ0) is 21.7. The molecule has 1 amide bonds. The van der Waals surface area contributed by atoms with Gasteiger partial charge in [-0.05, 0) is 80.2 Å². The number of aliphatic hydroxyl groups is 1.